The summed E-state index contributed by atoms with van der Waals surface area (Å²) < 4.78 is 0. The summed E-state index contributed by atoms with van der Waals surface area (Å²) in [5.41, 5.74) is 1.02. The zero-order valence-electron chi connectivity index (χ0n) is 14.1. The first-order valence-corrected chi connectivity index (χ1v) is 7.66. The minimum atomic E-state index is 0.360. The van der Waals surface area contributed by atoms with Gasteiger partial charge in [0.1, 0.15) is 11.6 Å². The molecule has 1 rings (SSSR count). The molecular weight excluding hydrogens is 248 g/mol. The number of hydrogen-bond acceptors (Lipinski definition) is 4. The van der Waals surface area contributed by atoms with Crippen LogP contribution in [0.5, 0.6) is 0 Å². The number of nitrogens with one attached hydrogen (secondary N) is 1. The lowest BCUT2D eigenvalue weighted by molar-refractivity contribution is 0.182. The van der Waals surface area contributed by atoms with Crippen molar-refractivity contribution in [2.75, 3.05) is 18.4 Å². The highest BCUT2D eigenvalue weighted by atomic mass is 15.2. The number of nitrogens with zero attached hydrogens (tertiary/aromatic N) is 3. The van der Waals surface area contributed by atoms with Crippen LogP contribution in [-0.4, -0.2) is 40.0 Å². The summed E-state index contributed by atoms with van der Waals surface area (Å²) >= 11 is 0. The largest absolute Gasteiger partial charge is 0.369 e. The monoisotopic (exact) mass is 278 g/mol. The third kappa shape index (κ3) is 5.08. The molecule has 20 heavy (non-hydrogen) atoms. The summed E-state index contributed by atoms with van der Waals surface area (Å²) in [6, 6.07) is 3.14. The molecule has 1 heterocycles. The van der Waals surface area contributed by atoms with Crippen molar-refractivity contribution in [2.24, 2.45) is 0 Å². The van der Waals surface area contributed by atoms with E-state index in [9.17, 15) is 0 Å². The van der Waals surface area contributed by atoms with E-state index in [4.69, 9.17) is 0 Å². The number of aryl methyl sites for hydroxylation is 1. The first-order valence-electron chi connectivity index (χ1n) is 7.66. The van der Waals surface area contributed by atoms with E-state index in [1.54, 1.807) is 0 Å². The van der Waals surface area contributed by atoms with E-state index in [2.05, 4.69) is 61.7 Å². The zero-order chi connectivity index (χ0) is 15.3. The number of hydrogen-bond donors (Lipinski definition) is 1. The highest BCUT2D eigenvalue weighted by Gasteiger charge is 2.12. The van der Waals surface area contributed by atoms with Gasteiger partial charge in [-0.15, -0.1) is 0 Å². The molecule has 4 heteroatoms. The van der Waals surface area contributed by atoms with Gasteiger partial charge in [-0.05, 0) is 34.6 Å². The third-order valence-corrected chi connectivity index (χ3v) is 3.39. The second kappa shape index (κ2) is 7.58. The van der Waals surface area contributed by atoms with Crippen LogP contribution in [0.2, 0.25) is 0 Å². The van der Waals surface area contributed by atoms with E-state index in [-0.39, 0.29) is 0 Å². The Kier molecular flexibility index (Phi) is 6.40. The maximum atomic E-state index is 4.58. The molecular formula is C16H30N4. The number of anilines is 1. The molecule has 0 aliphatic heterocycles. The smallest absolute Gasteiger partial charge is 0.133 e. The standard InChI is InChI=1S/C16H30N4/c1-11(2)16-18-14(7)10-15(19-16)17-8-9-20(12(3)4)13(5)6/h10-13H,8-9H2,1-7H3,(H,17,18,19). The molecule has 0 amide bonds. The van der Waals surface area contributed by atoms with E-state index in [0.717, 1.165) is 30.4 Å². The summed E-state index contributed by atoms with van der Waals surface area (Å²) in [6.45, 7) is 17.2. The van der Waals surface area contributed by atoms with Crippen molar-refractivity contribution in [3.63, 3.8) is 0 Å². The van der Waals surface area contributed by atoms with Crippen LogP contribution in [0.25, 0.3) is 0 Å². The molecule has 0 unspecified atom stereocenters. The normalized spacial score (nSPS) is 11.9. The fourth-order valence-corrected chi connectivity index (χ4v) is 2.37. The molecule has 0 saturated carbocycles. The van der Waals surface area contributed by atoms with Crippen molar-refractivity contribution in [3.05, 3.63) is 17.6 Å². The van der Waals surface area contributed by atoms with Gasteiger partial charge in [-0.2, -0.15) is 0 Å². The Bertz CT molecular complexity index is 405. The van der Waals surface area contributed by atoms with Crippen LogP contribution in [0.3, 0.4) is 0 Å². The van der Waals surface area contributed by atoms with Crippen LogP contribution in [0, 0.1) is 6.92 Å². The number of rotatable bonds is 7. The van der Waals surface area contributed by atoms with Crippen LogP contribution >= 0.6 is 0 Å². The van der Waals surface area contributed by atoms with Crippen molar-refractivity contribution in [1.82, 2.24) is 14.9 Å². The second-order valence-corrected chi connectivity index (χ2v) is 6.26. The van der Waals surface area contributed by atoms with Crippen molar-refractivity contribution in [1.29, 1.82) is 0 Å². The molecule has 0 aliphatic rings. The first kappa shape index (κ1) is 16.9. The lowest BCUT2D eigenvalue weighted by Gasteiger charge is -2.30. The average Bonchev–Trinajstić information content (AvgIpc) is 2.32. The summed E-state index contributed by atoms with van der Waals surface area (Å²) in [5, 5.41) is 3.43. The van der Waals surface area contributed by atoms with Gasteiger partial charge in [-0.25, -0.2) is 9.97 Å². The lowest BCUT2D eigenvalue weighted by Crippen LogP contribution is -2.40. The Morgan fingerprint density at radius 3 is 2.15 bits per heavy atom. The Morgan fingerprint density at radius 2 is 1.65 bits per heavy atom. The van der Waals surface area contributed by atoms with Crippen LogP contribution in [0.1, 0.15) is 59.0 Å². The molecule has 0 spiro atoms. The zero-order valence-corrected chi connectivity index (χ0v) is 14.1. The fraction of sp³-hybridized carbons (Fsp3) is 0.750. The molecule has 0 bridgehead atoms. The van der Waals surface area contributed by atoms with Gasteiger partial charge >= 0.3 is 0 Å². The third-order valence-electron chi connectivity index (χ3n) is 3.39. The van der Waals surface area contributed by atoms with Crippen LogP contribution < -0.4 is 5.32 Å². The van der Waals surface area contributed by atoms with Gasteiger partial charge in [0.15, 0.2) is 0 Å². The van der Waals surface area contributed by atoms with E-state index < -0.39 is 0 Å². The molecule has 0 aromatic carbocycles. The van der Waals surface area contributed by atoms with Crippen LogP contribution in [-0.2, 0) is 0 Å². The average molecular weight is 278 g/mol. The van der Waals surface area contributed by atoms with Gasteiger partial charge in [-0.1, -0.05) is 13.8 Å². The van der Waals surface area contributed by atoms with Crippen molar-refractivity contribution in [3.8, 4) is 0 Å². The molecule has 1 aromatic rings. The molecule has 0 aliphatic carbocycles. The number of aromatic nitrogens is 2. The SMILES string of the molecule is Cc1cc(NCCN(C(C)C)C(C)C)nc(C(C)C)n1. The molecule has 0 atom stereocenters. The minimum Gasteiger partial charge on any atom is -0.369 e. The molecule has 0 radical (unpaired) electrons. The molecule has 4 nitrogen and oxygen atoms in total. The van der Waals surface area contributed by atoms with Crippen LogP contribution in [0.4, 0.5) is 5.82 Å². The van der Waals surface area contributed by atoms with Crippen LogP contribution in [0.15, 0.2) is 6.07 Å². The summed E-state index contributed by atoms with van der Waals surface area (Å²) in [5.74, 6) is 2.21. The van der Waals surface area contributed by atoms with Crippen molar-refractivity contribution >= 4 is 5.82 Å². The predicted octanol–water partition coefficient (Wildman–Crippen LogP) is 3.44. The van der Waals surface area contributed by atoms with Crippen molar-refractivity contribution < 1.29 is 0 Å². The summed E-state index contributed by atoms with van der Waals surface area (Å²) in [4.78, 5) is 11.5. The van der Waals surface area contributed by atoms with Gasteiger partial charge < -0.3 is 5.32 Å². The van der Waals surface area contributed by atoms with Gasteiger partial charge in [0.2, 0.25) is 0 Å². The van der Waals surface area contributed by atoms with Gasteiger partial charge in [0.25, 0.3) is 0 Å². The van der Waals surface area contributed by atoms with Crippen molar-refractivity contribution in [2.45, 2.75) is 66.5 Å². The second-order valence-electron chi connectivity index (χ2n) is 6.26. The fourth-order valence-electron chi connectivity index (χ4n) is 2.37. The Balaban J connectivity index is 2.61. The quantitative estimate of drug-likeness (QED) is 0.829. The van der Waals surface area contributed by atoms with E-state index in [0.29, 0.717) is 18.0 Å². The molecule has 114 valence electrons. The molecule has 0 fully saturated rings. The highest BCUT2D eigenvalue weighted by Crippen LogP contribution is 2.13. The molecule has 1 aromatic heterocycles. The van der Waals surface area contributed by atoms with E-state index in [1.165, 1.54) is 0 Å². The Hall–Kier alpha value is -1.16. The molecule has 1 N–H and O–H groups in total. The van der Waals surface area contributed by atoms with E-state index in [1.807, 2.05) is 13.0 Å². The molecule has 0 saturated heterocycles. The summed E-state index contributed by atoms with van der Waals surface area (Å²) in [6.07, 6.45) is 0. The highest BCUT2D eigenvalue weighted by molar-refractivity contribution is 5.36. The first-order chi connectivity index (χ1) is 9.31. The summed E-state index contributed by atoms with van der Waals surface area (Å²) in [7, 11) is 0. The van der Waals surface area contributed by atoms with Gasteiger partial charge in [0, 0.05) is 42.9 Å². The lowest BCUT2D eigenvalue weighted by atomic mass is 10.2. The van der Waals surface area contributed by atoms with Gasteiger partial charge in [-0.3, -0.25) is 4.90 Å². The Labute approximate surface area is 124 Å². The van der Waals surface area contributed by atoms with E-state index >= 15 is 0 Å². The predicted molar refractivity (Wildman–Crippen MR) is 86.3 cm³/mol. The maximum Gasteiger partial charge on any atom is 0.133 e. The maximum absolute atomic E-state index is 4.58. The minimum absolute atomic E-state index is 0.360. The van der Waals surface area contributed by atoms with Gasteiger partial charge in [0.05, 0.1) is 0 Å². The topological polar surface area (TPSA) is 41.0 Å². The Morgan fingerprint density at radius 1 is 1.05 bits per heavy atom.